The fraction of sp³-hybridized carbons (Fsp3) is 0.600. The fourth-order valence-electron chi connectivity index (χ4n) is 0.402. The Morgan fingerprint density at radius 1 is 0.905 bits per heavy atom. The molecule has 0 aliphatic rings. The van der Waals surface area contributed by atoms with Crippen molar-refractivity contribution in [2.24, 2.45) is 17.2 Å². The van der Waals surface area contributed by atoms with Crippen LogP contribution in [0.2, 0.25) is 0 Å². The zero-order valence-electron chi connectivity index (χ0n) is 11.4. The van der Waals surface area contributed by atoms with Crippen LogP contribution in [0, 0.1) is 0 Å². The van der Waals surface area contributed by atoms with Crippen molar-refractivity contribution in [1.29, 1.82) is 0 Å². The van der Waals surface area contributed by atoms with Crippen LogP contribution < -0.4 is 17.2 Å². The molecule has 0 saturated heterocycles. The first-order valence-corrected chi connectivity index (χ1v) is 5.56. The molecular formula is C10H21N3O8. The molecule has 124 valence electrons. The number of hydrogen-bond acceptors (Lipinski definition) is 7. The summed E-state index contributed by atoms with van der Waals surface area (Å²) in [6.45, 7) is 1.14. The number of rotatable bonds is 6. The molecule has 0 amide bonds. The molecule has 0 aliphatic heterocycles. The van der Waals surface area contributed by atoms with E-state index < -0.39 is 36.0 Å². The quantitative estimate of drug-likeness (QED) is 0.276. The molecule has 11 nitrogen and oxygen atoms in total. The lowest BCUT2D eigenvalue weighted by molar-refractivity contribution is -0.140. The number of carboxylic acid groups (broad SMARTS) is 4. The number of hydrogen-bond donors (Lipinski definition) is 7. The van der Waals surface area contributed by atoms with E-state index in [1.807, 2.05) is 0 Å². The standard InChI is InChI=1S/C5H9NO4.C3H7NO2.C2H5NO2/c6-3(5(9)10)1-2-4(7)8;1-2(4)3(5)6;3-1-2(4)5/h3H,1-2,6H2,(H,7,8)(H,9,10);2H,4H2,1H3,(H,5,6);1,3H2,(H,4,5). The highest BCUT2D eigenvalue weighted by Gasteiger charge is 2.12. The van der Waals surface area contributed by atoms with E-state index in [-0.39, 0.29) is 19.4 Å². The van der Waals surface area contributed by atoms with Crippen LogP contribution in [0.15, 0.2) is 0 Å². The first-order valence-electron chi connectivity index (χ1n) is 5.56. The molecule has 0 aromatic rings. The second kappa shape index (κ2) is 14.2. The summed E-state index contributed by atoms with van der Waals surface area (Å²) in [5.41, 5.74) is 14.4. The summed E-state index contributed by atoms with van der Waals surface area (Å²) in [6, 6.07) is -1.79. The zero-order chi connectivity index (χ0) is 17.6. The van der Waals surface area contributed by atoms with Crippen molar-refractivity contribution in [2.75, 3.05) is 6.54 Å². The third-order valence-corrected chi connectivity index (χ3v) is 1.55. The van der Waals surface area contributed by atoms with E-state index in [0.29, 0.717) is 0 Å². The Kier molecular flexibility index (Phi) is 16.1. The first-order chi connectivity index (χ1) is 9.45. The van der Waals surface area contributed by atoms with Gasteiger partial charge in [0, 0.05) is 6.42 Å². The maximum atomic E-state index is 9.99. The lowest BCUT2D eigenvalue weighted by Crippen LogP contribution is -2.30. The van der Waals surface area contributed by atoms with Gasteiger partial charge in [0.1, 0.15) is 12.1 Å². The summed E-state index contributed by atoms with van der Waals surface area (Å²) in [7, 11) is 0. The van der Waals surface area contributed by atoms with E-state index in [0.717, 1.165) is 0 Å². The van der Waals surface area contributed by atoms with Crippen molar-refractivity contribution in [2.45, 2.75) is 31.8 Å². The van der Waals surface area contributed by atoms with Crippen molar-refractivity contribution in [3.63, 3.8) is 0 Å². The molecule has 0 aromatic heterocycles. The summed E-state index contributed by atoms with van der Waals surface area (Å²) in [5.74, 6) is -4.13. The summed E-state index contributed by atoms with van der Waals surface area (Å²) < 4.78 is 0. The van der Waals surface area contributed by atoms with Gasteiger partial charge in [-0.1, -0.05) is 0 Å². The van der Waals surface area contributed by atoms with Gasteiger partial charge in [0.2, 0.25) is 0 Å². The highest BCUT2D eigenvalue weighted by atomic mass is 16.4. The topological polar surface area (TPSA) is 227 Å². The van der Waals surface area contributed by atoms with Crippen LogP contribution in [0.1, 0.15) is 19.8 Å². The van der Waals surface area contributed by atoms with Crippen molar-refractivity contribution in [3.8, 4) is 0 Å². The predicted octanol–water partition coefficient (Wildman–Crippen LogP) is -2.29. The maximum absolute atomic E-state index is 9.99. The van der Waals surface area contributed by atoms with Gasteiger partial charge in [-0.25, -0.2) is 0 Å². The molecule has 2 unspecified atom stereocenters. The molecule has 11 heteroatoms. The highest BCUT2D eigenvalue weighted by molar-refractivity contribution is 5.74. The van der Waals surface area contributed by atoms with E-state index in [1.54, 1.807) is 0 Å². The Morgan fingerprint density at radius 2 is 1.24 bits per heavy atom. The lowest BCUT2D eigenvalue weighted by Gasteiger charge is -2.01. The summed E-state index contributed by atoms with van der Waals surface area (Å²) in [6.07, 6.45) is -0.224. The molecule has 21 heavy (non-hydrogen) atoms. The third kappa shape index (κ3) is 27.1. The van der Waals surface area contributed by atoms with Crippen molar-refractivity contribution in [1.82, 2.24) is 0 Å². The smallest absolute Gasteiger partial charge is 0.320 e. The van der Waals surface area contributed by atoms with Gasteiger partial charge in [0.15, 0.2) is 0 Å². The molecule has 10 N–H and O–H groups in total. The van der Waals surface area contributed by atoms with Gasteiger partial charge in [-0.15, -0.1) is 0 Å². The normalized spacial score (nSPS) is 11.6. The molecule has 0 bridgehead atoms. The Morgan fingerprint density at radius 3 is 1.38 bits per heavy atom. The van der Waals surface area contributed by atoms with Gasteiger partial charge in [0.25, 0.3) is 0 Å². The fourth-order valence-corrected chi connectivity index (χ4v) is 0.402. The zero-order valence-corrected chi connectivity index (χ0v) is 11.4. The van der Waals surface area contributed by atoms with Gasteiger partial charge < -0.3 is 37.6 Å². The van der Waals surface area contributed by atoms with Crippen LogP contribution in [0.3, 0.4) is 0 Å². The molecule has 0 radical (unpaired) electrons. The third-order valence-electron chi connectivity index (χ3n) is 1.55. The Bertz CT molecular complexity index is 345. The largest absolute Gasteiger partial charge is 0.481 e. The van der Waals surface area contributed by atoms with Crippen LogP contribution in [-0.4, -0.2) is 62.9 Å². The average Bonchev–Trinajstić information content (AvgIpc) is 2.36. The van der Waals surface area contributed by atoms with Crippen molar-refractivity contribution < 1.29 is 39.6 Å². The van der Waals surface area contributed by atoms with Gasteiger partial charge in [-0.05, 0) is 13.3 Å². The van der Waals surface area contributed by atoms with E-state index in [2.05, 4.69) is 5.73 Å². The Labute approximate surface area is 120 Å². The minimum absolute atomic E-state index is 0.0231. The van der Waals surface area contributed by atoms with Crippen LogP contribution in [0.5, 0.6) is 0 Å². The predicted molar refractivity (Wildman–Crippen MR) is 70.5 cm³/mol. The van der Waals surface area contributed by atoms with Gasteiger partial charge >= 0.3 is 23.9 Å². The van der Waals surface area contributed by atoms with Crippen molar-refractivity contribution in [3.05, 3.63) is 0 Å². The number of aliphatic carboxylic acids is 4. The van der Waals surface area contributed by atoms with E-state index in [4.69, 9.17) is 31.9 Å². The second-order valence-electron chi connectivity index (χ2n) is 3.60. The average molecular weight is 311 g/mol. The first kappa shape index (κ1) is 23.8. The van der Waals surface area contributed by atoms with Crippen molar-refractivity contribution >= 4 is 23.9 Å². The Hall–Kier alpha value is -2.24. The lowest BCUT2D eigenvalue weighted by atomic mass is 10.2. The van der Waals surface area contributed by atoms with Gasteiger partial charge in [-0.3, -0.25) is 19.2 Å². The molecule has 0 saturated carbocycles. The van der Waals surface area contributed by atoms with Gasteiger partial charge in [0.05, 0.1) is 6.54 Å². The molecule has 0 fully saturated rings. The molecule has 0 aliphatic carbocycles. The minimum atomic E-state index is -1.17. The molecular weight excluding hydrogens is 290 g/mol. The Balaban J connectivity index is -0.000000252. The molecule has 0 spiro atoms. The summed E-state index contributed by atoms with van der Waals surface area (Å²) in [5, 5.41) is 31.7. The van der Waals surface area contributed by atoms with Crippen LogP contribution in [0.4, 0.5) is 0 Å². The molecule has 0 heterocycles. The molecule has 2 atom stereocenters. The number of carboxylic acids is 4. The SMILES string of the molecule is CC(N)C(=O)O.NC(CCC(=O)O)C(=O)O.NCC(=O)O. The van der Waals surface area contributed by atoms with Gasteiger partial charge in [-0.2, -0.15) is 0 Å². The van der Waals surface area contributed by atoms with E-state index >= 15 is 0 Å². The van der Waals surface area contributed by atoms with Crippen LogP contribution >= 0.6 is 0 Å². The summed E-state index contributed by atoms with van der Waals surface area (Å²) in [4.78, 5) is 38.7. The summed E-state index contributed by atoms with van der Waals surface area (Å²) >= 11 is 0. The van der Waals surface area contributed by atoms with Crippen LogP contribution in [0.25, 0.3) is 0 Å². The molecule has 0 rings (SSSR count). The van der Waals surface area contributed by atoms with Crippen LogP contribution in [-0.2, 0) is 19.2 Å². The van der Waals surface area contributed by atoms with E-state index in [9.17, 15) is 19.2 Å². The number of nitrogens with two attached hydrogens (primary N) is 3. The maximum Gasteiger partial charge on any atom is 0.320 e. The molecule has 0 aromatic carbocycles. The minimum Gasteiger partial charge on any atom is -0.481 e. The van der Waals surface area contributed by atoms with E-state index in [1.165, 1.54) is 6.92 Å². The monoisotopic (exact) mass is 311 g/mol. The highest BCUT2D eigenvalue weighted by Crippen LogP contribution is 1.93. The number of carbonyl (C=O) groups is 4. The second-order valence-corrected chi connectivity index (χ2v) is 3.60.